The number of rotatable bonds is 4. The van der Waals surface area contributed by atoms with E-state index in [-0.39, 0.29) is 6.10 Å². The minimum Gasteiger partial charge on any atom is -0.491 e. The summed E-state index contributed by atoms with van der Waals surface area (Å²) in [6.07, 6.45) is -0.679. The summed E-state index contributed by atoms with van der Waals surface area (Å²) in [7, 11) is 0. The molecule has 2 rings (SSSR count). The molecule has 0 saturated heterocycles. The summed E-state index contributed by atoms with van der Waals surface area (Å²) < 4.78 is 11.5. The van der Waals surface area contributed by atoms with Crippen molar-refractivity contribution in [1.82, 2.24) is 0 Å². The molecule has 0 spiro atoms. The number of benzene rings is 1. The molecule has 18 heavy (non-hydrogen) atoms. The number of hydrogen-bond acceptors (Lipinski definition) is 3. The minimum atomic E-state index is -0.785. The average Bonchev–Trinajstić information content (AvgIpc) is 2.74. The summed E-state index contributed by atoms with van der Waals surface area (Å²) in [6, 6.07) is 10.9. The van der Waals surface area contributed by atoms with E-state index in [1.165, 1.54) is 0 Å². The fourth-order valence-corrected chi connectivity index (χ4v) is 1.99. The zero-order valence-electron chi connectivity index (χ0n) is 10.3. The fraction of sp³-hybridized carbons (Fsp3) is 0.286. The van der Waals surface area contributed by atoms with Crippen LogP contribution in [0, 0.1) is 0 Å². The van der Waals surface area contributed by atoms with Crippen LogP contribution in [-0.4, -0.2) is 11.2 Å². The lowest BCUT2D eigenvalue weighted by molar-refractivity contribution is 0.186. The van der Waals surface area contributed by atoms with Gasteiger partial charge >= 0.3 is 0 Å². The first-order chi connectivity index (χ1) is 8.56. The molecule has 0 saturated carbocycles. The molecule has 1 unspecified atom stereocenters. The van der Waals surface area contributed by atoms with Crippen molar-refractivity contribution in [2.24, 2.45) is 0 Å². The molecule has 0 aliphatic carbocycles. The number of hydrogen-bond donors (Lipinski definition) is 1. The molecule has 1 aromatic heterocycles. The van der Waals surface area contributed by atoms with E-state index in [0.717, 1.165) is 11.3 Å². The summed E-state index contributed by atoms with van der Waals surface area (Å²) in [5.41, 5.74) is 0.745. The molecular weight excluding hydrogens is 296 g/mol. The number of furan rings is 1. The van der Waals surface area contributed by atoms with E-state index >= 15 is 0 Å². The van der Waals surface area contributed by atoms with Gasteiger partial charge in [-0.1, -0.05) is 12.1 Å². The van der Waals surface area contributed by atoms with E-state index in [1.54, 1.807) is 12.1 Å². The molecule has 3 nitrogen and oxygen atoms in total. The molecule has 0 aliphatic heterocycles. The lowest BCUT2D eigenvalue weighted by Gasteiger charge is -2.13. The highest BCUT2D eigenvalue weighted by Gasteiger charge is 2.15. The zero-order valence-corrected chi connectivity index (χ0v) is 11.8. The third-order valence-electron chi connectivity index (χ3n) is 2.41. The number of halogens is 1. The Morgan fingerprint density at radius 1 is 1.22 bits per heavy atom. The molecule has 0 aliphatic rings. The summed E-state index contributed by atoms with van der Waals surface area (Å²) in [4.78, 5) is 0. The van der Waals surface area contributed by atoms with Gasteiger partial charge in [-0.3, -0.25) is 0 Å². The van der Waals surface area contributed by atoms with Gasteiger partial charge in [0.2, 0.25) is 0 Å². The summed E-state index contributed by atoms with van der Waals surface area (Å²) in [5, 5.41) is 10.2. The second kappa shape index (κ2) is 5.59. The van der Waals surface area contributed by atoms with Gasteiger partial charge in [0.05, 0.1) is 6.10 Å². The van der Waals surface area contributed by atoms with Crippen LogP contribution < -0.4 is 4.74 Å². The van der Waals surface area contributed by atoms with Gasteiger partial charge in [-0.25, -0.2) is 0 Å². The monoisotopic (exact) mass is 310 g/mol. The van der Waals surface area contributed by atoms with Crippen molar-refractivity contribution in [1.29, 1.82) is 0 Å². The van der Waals surface area contributed by atoms with Crippen LogP contribution in [0.3, 0.4) is 0 Å². The van der Waals surface area contributed by atoms with Crippen LogP contribution >= 0.6 is 15.9 Å². The predicted molar refractivity (Wildman–Crippen MR) is 72.7 cm³/mol. The first-order valence-corrected chi connectivity index (χ1v) is 6.55. The Labute approximate surface area is 115 Å². The maximum Gasteiger partial charge on any atom is 0.169 e. The molecule has 0 fully saturated rings. The normalized spacial score (nSPS) is 12.7. The van der Waals surface area contributed by atoms with E-state index in [1.807, 2.05) is 38.1 Å². The predicted octanol–water partition coefficient (Wildman–Crippen LogP) is 3.91. The summed E-state index contributed by atoms with van der Waals surface area (Å²) in [6.45, 7) is 3.93. The first-order valence-electron chi connectivity index (χ1n) is 5.76. The van der Waals surface area contributed by atoms with Crippen molar-refractivity contribution >= 4 is 15.9 Å². The maximum absolute atomic E-state index is 10.2. The molecule has 0 amide bonds. The highest BCUT2D eigenvalue weighted by molar-refractivity contribution is 9.10. The van der Waals surface area contributed by atoms with Gasteiger partial charge in [0.1, 0.15) is 17.6 Å². The largest absolute Gasteiger partial charge is 0.491 e. The molecule has 0 radical (unpaired) electrons. The van der Waals surface area contributed by atoms with Gasteiger partial charge in [-0.15, -0.1) is 0 Å². The van der Waals surface area contributed by atoms with E-state index in [4.69, 9.17) is 9.15 Å². The van der Waals surface area contributed by atoms with Crippen molar-refractivity contribution in [2.45, 2.75) is 26.1 Å². The van der Waals surface area contributed by atoms with E-state index < -0.39 is 6.10 Å². The van der Waals surface area contributed by atoms with Crippen molar-refractivity contribution < 1.29 is 14.3 Å². The molecule has 0 bridgehead atoms. The molecule has 4 heteroatoms. The molecule has 96 valence electrons. The standard InChI is InChI=1S/C14H15BrO3/c1-9(2)17-11-5-3-4-10(8-11)14(16)12-6-7-13(15)18-12/h3-9,14,16H,1-2H3. The Hall–Kier alpha value is -1.26. The van der Waals surface area contributed by atoms with E-state index in [9.17, 15) is 5.11 Å². The van der Waals surface area contributed by atoms with Gasteiger partial charge in [0.25, 0.3) is 0 Å². The average molecular weight is 311 g/mol. The third kappa shape index (κ3) is 3.15. The van der Waals surface area contributed by atoms with Gasteiger partial charge in [-0.2, -0.15) is 0 Å². The van der Waals surface area contributed by atoms with Gasteiger partial charge in [0.15, 0.2) is 4.67 Å². The van der Waals surface area contributed by atoms with Crippen LogP contribution in [-0.2, 0) is 0 Å². The maximum atomic E-state index is 10.2. The summed E-state index contributed by atoms with van der Waals surface area (Å²) >= 11 is 3.22. The third-order valence-corrected chi connectivity index (χ3v) is 2.84. The number of aliphatic hydroxyl groups excluding tert-OH is 1. The van der Waals surface area contributed by atoms with Crippen molar-refractivity contribution in [3.8, 4) is 5.75 Å². The quantitative estimate of drug-likeness (QED) is 0.931. The van der Waals surface area contributed by atoms with Crippen LogP contribution in [0.2, 0.25) is 0 Å². The minimum absolute atomic E-state index is 0.107. The molecule has 1 N–H and O–H groups in total. The second-order valence-corrected chi connectivity index (χ2v) is 5.07. The van der Waals surface area contributed by atoms with Crippen LogP contribution in [0.25, 0.3) is 0 Å². The van der Waals surface area contributed by atoms with E-state index in [0.29, 0.717) is 10.4 Å². The van der Waals surface area contributed by atoms with Crippen LogP contribution in [0.4, 0.5) is 0 Å². The summed E-state index contributed by atoms with van der Waals surface area (Å²) in [5.74, 6) is 1.25. The zero-order chi connectivity index (χ0) is 13.1. The lowest BCUT2D eigenvalue weighted by Crippen LogP contribution is -2.06. The van der Waals surface area contributed by atoms with Gasteiger partial charge in [-0.05, 0) is 59.6 Å². The Morgan fingerprint density at radius 3 is 2.61 bits per heavy atom. The number of aliphatic hydroxyl groups is 1. The molecule has 1 heterocycles. The molecule has 1 aromatic carbocycles. The fourth-order valence-electron chi connectivity index (χ4n) is 1.67. The van der Waals surface area contributed by atoms with Crippen molar-refractivity contribution in [2.75, 3.05) is 0 Å². The Morgan fingerprint density at radius 2 is 2.00 bits per heavy atom. The van der Waals surface area contributed by atoms with Gasteiger partial charge < -0.3 is 14.3 Å². The second-order valence-electron chi connectivity index (χ2n) is 4.28. The van der Waals surface area contributed by atoms with E-state index in [2.05, 4.69) is 15.9 Å². The van der Waals surface area contributed by atoms with Crippen molar-refractivity contribution in [3.05, 3.63) is 52.4 Å². The molecule has 2 aromatic rings. The molecule has 1 atom stereocenters. The highest BCUT2D eigenvalue weighted by Crippen LogP contribution is 2.28. The first kappa shape index (κ1) is 13.2. The SMILES string of the molecule is CC(C)Oc1cccc(C(O)c2ccc(Br)o2)c1. The van der Waals surface area contributed by atoms with Crippen LogP contribution in [0.1, 0.15) is 31.3 Å². The Kier molecular flexibility index (Phi) is 4.09. The van der Waals surface area contributed by atoms with Crippen LogP contribution in [0.5, 0.6) is 5.75 Å². The Bertz CT molecular complexity index is 519. The van der Waals surface area contributed by atoms with Crippen molar-refractivity contribution in [3.63, 3.8) is 0 Å². The Balaban J connectivity index is 2.22. The van der Waals surface area contributed by atoms with Crippen LogP contribution in [0.15, 0.2) is 45.5 Å². The lowest BCUT2D eigenvalue weighted by atomic mass is 10.1. The molecular formula is C14H15BrO3. The van der Waals surface area contributed by atoms with Gasteiger partial charge in [0, 0.05) is 0 Å². The topological polar surface area (TPSA) is 42.6 Å². The smallest absolute Gasteiger partial charge is 0.169 e. The highest BCUT2D eigenvalue weighted by atomic mass is 79.9. The number of ether oxygens (including phenoxy) is 1.